The van der Waals surface area contributed by atoms with Gasteiger partial charge in [0.1, 0.15) is 17.0 Å². The van der Waals surface area contributed by atoms with Crippen molar-refractivity contribution < 1.29 is 9.53 Å². The summed E-state index contributed by atoms with van der Waals surface area (Å²) in [4.78, 5) is 16.1. The van der Waals surface area contributed by atoms with Crippen LogP contribution in [0.2, 0.25) is 0 Å². The molecule has 0 fully saturated rings. The maximum absolute atomic E-state index is 11.6. The zero-order chi connectivity index (χ0) is 20.5. The third kappa shape index (κ3) is 3.57. The number of hydrogen-bond donors (Lipinski definition) is 1. The van der Waals surface area contributed by atoms with E-state index in [1.807, 2.05) is 63.4 Å². The van der Waals surface area contributed by atoms with Gasteiger partial charge >= 0.3 is 0 Å². The van der Waals surface area contributed by atoms with Crippen LogP contribution in [0.15, 0.2) is 54.7 Å². The molecule has 0 atom stereocenters. The quantitative estimate of drug-likeness (QED) is 0.551. The SMILES string of the molecule is CCc1cc(-c2cccc(Oc3cnc4c(C)nn(C)c4c3)c2)ccc1C(N)=O. The number of hydrogen-bond acceptors (Lipinski definition) is 4. The largest absolute Gasteiger partial charge is 0.456 e. The van der Waals surface area contributed by atoms with Gasteiger partial charge in [-0.3, -0.25) is 9.48 Å². The minimum absolute atomic E-state index is 0.404. The first-order valence-corrected chi connectivity index (χ1v) is 9.46. The number of amides is 1. The Balaban J connectivity index is 1.66. The number of ether oxygens (including phenoxy) is 1. The first-order valence-electron chi connectivity index (χ1n) is 9.46. The molecule has 0 spiro atoms. The predicted molar refractivity (Wildman–Crippen MR) is 113 cm³/mol. The van der Waals surface area contributed by atoms with E-state index in [4.69, 9.17) is 10.5 Å². The molecule has 6 nitrogen and oxygen atoms in total. The van der Waals surface area contributed by atoms with Crippen molar-refractivity contribution in [3.05, 3.63) is 71.5 Å². The molecule has 0 aliphatic rings. The highest BCUT2D eigenvalue weighted by molar-refractivity contribution is 5.95. The lowest BCUT2D eigenvalue weighted by atomic mass is 9.97. The Morgan fingerprint density at radius 3 is 2.66 bits per heavy atom. The molecule has 0 saturated carbocycles. The van der Waals surface area contributed by atoms with Gasteiger partial charge in [-0.15, -0.1) is 0 Å². The monoisotopic (exact) mass is 386 g/mol. The molecule has 2 heterocycles. The second-order valence-corrected chi connectivity index (χ2v) is 6.97. The summed E-state index contributed by atoms with van der Waals surface area (Å²) in [7, 11) is 1.89. The summed E-state index contributed by atoms with van der Waals surface area (Å²) in [5, 5.41) is 4.39. The number of primary amides is 1. The summed E-state index contributed by atoms with van der Waals surface area (Å²) in [6.07, 6.45) is 2.44. The Bertz CT molecular complexity index is 1230. The van der Waals surface area contributed by atoms with Gasteiger partial charge in [0.2, 0.25) is 5.91 Å². The molecule has 6 heteroatoms. The Hall–Kier alpha value is -3.67. The van der Waals surface area contributed by atoms with Crippen LogP contribution >= 0.6 is 0 Å². The maximum Gasteiger partial charge on any atom is 0.248 e. The molecule has 146 valence electrons. The molecular weight excluding hydrogens is 364 g/mol. The van der Waals surface area contributed by atoms with Gasteiger partial charge in [0.25, 0.3) is 0 Å². The van der Waals surface area contributed by atoms with Crippen LogP contribution < -0.4 is 10.5 Å². The minimum Gasteiger partial charge on any atom is -0.456 e. The molecule has 0 aliphatic carbocycles. The van der Waals surface area contributed by atoms with Crippen molar-refractivity contribution in [3.63, 3.8) is 0 Å². The van der Waals surface area contributed by atoms with E-state index in [2.05, 4.69) is 10.1 Å². The first kappa shape index (κ1) is 18.7. The third-order valence-corrected chi connectivity index (χ3v) is 4.99. The number of benzene rings is 2. The Morgan fingerprint density at radius 1 is 1.10 bits per heavy atom. The fraction of sp³-hybridized carbons (Fsp3) is 0.174. The fourth-order valence-corrected chi connectivity index (χ4v) is 3.52. The summed E-state index contributed by atoms with van der Waals surface area (Å²) >= 11 is 0. The number of nitrogens with zero attached hydrogens (tertiary/aromatic N) is 3. The van der Waals surface area contributed by atoms with E-state index in [9.17, 15) is 4.79 Å². The van der Waals surface area contributed by atoms with Crippen molar-refractivity contribution in [2.45, 2.75) is 20.3 Å². The number of pyridine rings is 1. The van der Waals surface area contributed by atoms with E-state index in [1.54, 1.807) is 16.9 Å². The van der Waals surface area contributed by atoms with E-state index >= 15 is 0 Å². The number of nitrogens with two attached hydrogens (primary N) is 1. The van der Waals surface area contributed by atoms with Gasteiger partial charge in [0, 0.05) is 18.7 Å². The number of aromatic nitrogens is 3. The van der Waals surface area contributed by atoms with Gasteiger partial charge in [-0.2, -0.15) is 5.10 Å². The summed E-state index contributed by atoms with van der Waals surface area (Å²) in [5.74, 6) is 0.953. The highest BCUT2D eigenvalue weighted by Gasteiger charge is 2.11. The van der Waals surface area contributed by atoms with E-state index < -0.39 is 5.91 Å². The second-order valence-electron chi connectivity index (χ2n) is 6.97. The highest BCUT2D eigenvalue weighted by Crippen LogP contribution is 2.30. The van der Waals surface area contributed by atoms with Crippen LogP contribution in [0.4, 0.5) is 0 Å². The lowest BCUT2D eigenvalue weighted by Crippen LogP contribution is -2.13. The van der Waals surface area contributed by atoms with E-state index in [0.717, 1.165) is 39.8 Å². The van der Waals surface area contributed by atoms with Crippen molar-refractivity contribution in [1.29, 1.82) is 0 Å². The minimum atomic E-state index is -0.404. The van der Waals surface area contributed by atoms with Crippen molar-refractivity contribution >= 4 is 16.9 Å². The van der Waals surface area contributed by atoms with E-state index in [1.165, 1.54) is 0 Å². The Kier molecular flexibility index (Phi) is 4.76. The van der Waals surface area contributed by atoms with E-state index in [-0.39, 0.29) is 0 Å². The number of rotatable bonds is 5. The van der Waals surface area contributed by atoms with Crippen molar-refractivity contribution in [3.8, 4) is 22.6 Å². The topological polar surface area (TPSA) is 83.0 Å². The lowest BCUT2D eigenvalue weighted by Gasteiger charge is -2.10. The molecule has 4 aromatic rings. The van der Waals surface area contributed by atoms with Gasteiger partial charge in [0.15, 0.2) is 0 Å². The molecule has 2 aromatic heterocycles. The van der Waals surface area contributed by atoms with Crippen LogP contribution in [-0.2, 0) is 13.5 Å². The Morgan fingerprint density at radius 2 is 1.90 bits per heavy atom. The van der Waals surface area contributed by atoms with Gasteiger partial charge in [0.05, 0.1) is 17.4 Å². The molecule has 2 N–H and O–H groups in total. The van der Waals surface area contributed by atoms with Crippen molar-refractivity contribution in [2.75, 3.05) is 0 Å². The molecule has 0 radical (unpaired) electrons. The van der Waals surface area contributed by atoms with Crippen LogP contribution in [0, 0.1) is 6.92 Å². The fourth-order valence-electron chi connectivity index (χ4n) is 3.52. The average molecular weight is 386 g/mol. The zero-order valence-corrected chi connectivity index (χ0v) is 16.6. The van der Waals surface area contributed by atoms with Crippen molar-refractivity contribution in [2.24, 2.45) is 12.8 Å². The average Bonchev–Trinajstić information content (AvgIpc) is 3.00. The molecule has 4 rings (SSSR count). The first-order chi connectivity index (χ1) is 14.0. The predicted octanol–water partition coefficient (Wildman–Crippen LogP) is 4.40. The summed E-state index contributed by atoms with van der Waals surface area (Å²) in [6.45, 7) is 3.95. The lowest BCUT2D eigenvalue weighted by molar-refractivity contribution is 0.0999. The number of carbonyl (C=O) groups is 1. The molecule has 1 amide bonds. The van der Waals surface area contributed by atoms with Crippen molar-refractivity contribution in [1.82, 2.24) is 14.8 Å². The number of carbonyl (C=O) groups excluding carboxylic acids is 1. The Labute approximate surface area is 168 Å². The number of fused-ring (bicyclic) bond motifs is 1. The molecule has 0 unspecified atom stereocenters. The van der Waals surface area contributed by atoms with Crippen LogP contribution in [0.25, 0.3) is 22.2 Å². The smallest absolute Gasteiger partial charge is 0.248 e. The molecule has 0 aliphatic heterocycles. The van der Waals surface area contributed by atoms with Crippen LogP contribution in [0.1, 0.15) is 28.5 Å². The second kappa shape index (κ2) is 7.39. The van der Waals surface area contributed by atoms with Gasteiger partial charge in [-0.05, 0) is 48.2 Å². The molecule has 0 saturated heterocycles. The van der Waals surface area contributed by atoms with Crippen LogP contribution in [-0.4, -0.2) is 20.7 Å². The van der Waals surface area contributed by atoms with Gasteiger partial charge in [-0.1, -0.05) is 31.2 Å². The van der Waals surface area contributed by atoms with Crippen LogP contribution in [0.3, 0.4) is 0 Å². The number of aryl methyl sites for hydroxylation is 3. The zero-order valence-electron chi connectivity index (χ0n) is 16.6. The molecular formula is C23H22N4O2. The summed E-state index contributed by atoms with van der Waals surface area (Å²) < 4.78 is 7.85. The highest BCUT2D eigenvalue weighted by atomic mass is 16.5. The normalized spacial score (nSPS) is 11.0. The standard InChI is InChI=1S/C23H22N4O2/c1-4-15-10-17(8-9-20(15)23(24)28)16-6-5-7-18(11-16)29-19-12-21-22(25-13-19)14(2)26-27(21)3/h5-13H,4H2,1-3H3,(H2,24,28). The van der Waals surface area contributed by atoms with Gasteiger partial charge in [-0.25, -0.2) is 4.98 Å². The maximum atomic E-state index is 11.6. The molecule has 2 aromatic carbocycles. The van der Waals surface area contributed by atoms with Gasteiger partial charge < -0.3 is 10.5 Å². The summed E-state index contributed by atoms with van der Waals surface area (Å²) in [5.41, 5.74) is 11.7. The van der Waals surface area contributed by atoms with Crippen LogP contribution in [0.5, 0.6) is 11.5 Å². The molecule has 29 heavy (non-hydrogen) atoms. The molecule has 0 bridgehead atoms. The van der Waals surface area contributed by atoms with E-state index in [0.29, 0.717) is 17.1 Å². The third-order valence-electron chi connectivity index (χ3n) is 4.99. The summed E-state index contributed by atoms with van der Waals surface area (Å²) in [6, 6.07) is 15.5.